The standard InChI is InChI=1S/C20H20Cl2N4O2S/c1-26-18(11-23-19(27)10-13-3-6-15(28-2)7-4-13)24-25-20(26)29-12-14-5-8-16(21)17(22)9-14/h3-9H,10-12H2,1-2H3,(H,23,27). The summed E-state index contributed by atoms with van der Waals surface area (Å²) in [5.41, 5.74) is 1.96. The highest BCUT2D eigenvalue weighted by atomic mass is 35.5. The maximum Gasteiger partial charge on any atom is 0.224 e. The Morgan fingerprint density at radius 2 is 1.83 bits per heavy atom. The second-order valence-electron chi connectivity index (χ2n) is 6.30. The molecule has 6 nitrogen and oxygen atoms in total. The van der Waals surface area contributed by atoms with Gasteiger partial charge >= 0.3 is 0 Å². The van der Waals surface area contributed by atoms with Crippen molar-refractivity contribution in [2.24, 2.45) is 7.05 Å². The van der Waals surface area contributed by atoms with Crippen LogP contribution in [0, 0.1) is 0 Å². The van der Waals surface area contributed by atoms with E-state index < -0.39 is 0 Å². The number of ether oxygens (including phenoxy) is 1. The fourth-order valence-electron chi connectivity index (χ4n) is 2.57. The van der Waals surface area contributed by atoms with Crippen LogP contribution in [0.15, 0.2) is 47.6 Å². The first kappa shape index (κ1) is 21.5. The van der Waals surface area contributed by atoms with Crippen LogP contribution < -0.4 is 10.1 Å². The second-order valence-corrected chi connectivity index (χ2v) is 8.05. The van der Waals surface area contributed by atoms with Crippen molar-refractivity contribution >= 4 is 40.9 Å². The Morgan fingerprint density at radius 1 is 1.10 bits per heavy atom. The van der Waals surface area contributed by atoms with Crippen molar-refractivity contribution in [3.63, 3.8) is 0 Å². The molecule has 3 rings (SSSR count). The van der Waals surface area contributed by atoms with E-state index in [-0.39, 0.29) is 5.91 Å². The SMILES string of the molecule is COc1ccc(CC(=O)NCc2nnc(SCc3ccc(Cl)c(Cl)c3)n2C)cc1. The molecule has 0 fully saturated rings. The fraction of sp³-hybridized carbons (Fsp3) is 0.250. The van der Waals surface area contributed by atoms with Crippen LogP contribution in [-0.2, 0) is 30.6 Å². The molecule has 0 aliphatic carbocycles. The van der Waals surface area contributed by atoms with Gasteiger partial charge in [-0.25, -0.2) is 0 Å². The number of amides is 1. The molecule has 0 saturated heterocycles. The molecule has 0 radical (unpaired) electrons. The van der Waals surface area contributed by atoms with Gasteiger partial charge in [0, 0.05) is 12.8 Å². The van der Waals surface area contributed by atoms with E-state index in [1.165, 1.54) is 11.8 Å². The minimum absolute atomic E-state index is 0.0804. The van der Waals surface area contributed by atoms with E-state index in [4.69, 9.17) is 27.9 Å². The van der Waals surface area contributed by atoms with Gasteiger partial charge in [0.25, 0.3) is 0 Å². The average Bonchev–Trinajstić information content (AvgIpc) is 3.07. The van der Waals surface area contributed by atoms with Crippen molar-refractivity contribution in [3.05, 3.63) is 69.5 Å². The lowest BCUT2D eigenvalue weighted by Crippen LogP contribution is -2.26. The Labute approximate surface area is 183 Å². The van der Waals surface area contributed by atoms with E-state index in [0.29, 0.717) is 34.6 Å². The van der Waals surface area contributed by atoms with Gasteiger partial charge < -0.3 is 14.6 Å². The van der Waals surface area contributed by atoms with Crippen molar-refractivity contribution in [1.82, 2.24) is 20.1 Å². The minimum Gasteiger partial charge on any atom is -0.497 e. The third-order valence-electron chi connectivity index (χ3n) is 4.24. The van der Waals surface area contributed by atoms with Gasteiger partial charge in [-0.3, -0.25) is 4.79 Å². The number of methoxy groups -OCH3 is 1. The summed E-state index contributed by atoms with van der Waals surface area (Å²) in [7, 11) is 3.49. The molecular weight excluding hydrogens is 431 g/mol. The smallest absolute Gasteiger partial charge is 0.224 e. The Morgan fingerprint density at radius 3 is 2.52 bits per heavy atom. The maximum atomic E-state index is 12.2. The topological polar surface area (TPSA) is 69.0 Å². The van der Waals surface area contributed by atoms with Gasteiger partial charge in [-0.2, -0.15) is 0 Å². The highest BCUT2D eigenvalue weighted by molar-refractivity contribution is 7.98. The largest absolute Gasteiger partial charge is 0.497 e. The van der Waals surface area contributed by atoms with Crippen molar-refractivity contribution < 1.29 is 9.53 Å². The van der Waals surface area contributed by atoms with Gasteiger partial charge in [-0.05, 0) is 35.4 Å². The maximum absolute atomic E-state index is 12.2. The Kier molecular flexibility index (Phi) is 7.41. The molecular formula is C20H20Cl2N4O2S. The van der Waals surface area contributed by atoms with E-state index in [1.807, 2.05) is 48.0 Å². The Balaban J connectivity index is 1.52. The third kappa shape index (κ3) is 5.88. The molecule has 1 aromatic heterocycles. The summed E-state index contributed by atoms with van der Waals surface area (Å²) in [6.07, 6.45) is 0.292. The van der Waals surface area contributed by atoms with Crippen LogP contribution in [0.5, 0.6) is 5.75 Å². The number of hydrogen-bond donors (Lipinski definition) is 1. The molecule has 0 bridgehead atoms. The van der Waals surface area contributed by atoms with Gasteiger partial charge in [-0.1, -0.05) is 53.2 Å². The molecule has 9 heteroatoms. The zero-order chi connectivity index (χ0) is 20.8. The lowest BCUT2D eigenvalue weighted by atomic mass is 10.1. The number of thioether (sulfide) groups is 1. The van der Waals surface area contributed by atoms with E-state index in [9.17, 15) is 4.79 Å². The summed E-state index contributed by atoms with van der Waals surface area (Å²) in [6, 6.07) is 13.0. The molecule has 1 N–H and O–H groups in total. The quantitative estimate of drug-likeness (QED) is 0.518. The Hall–Kier alpha value is -2.22. The zero-order valence-electron chi connectivity index (χ0n) is 16.0. The summed E-state index contributed by atoms with van der Waals surface area (Å²) in [5.74, 6) is 2.05. The van der Waals surface area contributed by atoms with Crippen molar-refractivity contribution in [2.45, 2.75) is 23.9 Å². The van der Waals surface area contributed by atoms with Crippen molar-refractivity contribution in [1.29, 1.82) is 0 Å². The first-order valence-corrected chi connectivity index (χ1v) is 10.5. The number of rotatable bonds is 8. The van der Waals surface area contributed by atoms with Gasteiger partial charge in [0.15, 0.2) is 11.0 Å². The zero-order valence-corrected chi connectivity index (χ0v) is 18.3. The average molecular weight is 451 g/mol. The molecule has 152 valence electrons. The molecule has 0 atom stereocenters. The number of nitrogens with one attached hydrogen (secondary N) is 1. The van der Waals surface area contributed by atoms with Crippen LogP contribution >= 0.6 is 35.0 Å². The van der Waals surface area contributed by atoms with Gasteiger partial charge in [0.1, 0.15) is 5.75 Å². The molecule has 2 aromatic carbocycles. The van der Waals surface area contributed by atoms with E-state index in [2.05, 4.69) is 15.5 Å². The van der Waals surface area contributed by atoms with Crippen molar-refractivity contribution in [3.8, 4) is 5.75 Å². The van der Waals surface area contributed by atoms with Gasteiger partial charge in [-0.15, -0.1) is 10.2 Å². The van der Waals surface area contributed by atoms with E-state index in [1.54, 1.807) is 13.2 Å². The molecule has 0 saturated carbocycles. The summed E-state index contributed by atoms with van der Waals surface area (Å²) in [5, 5.41) is 13.1. The first-order chi connectivity index (χ1) is 14.0. The van der Waals surface area contributed by atoms with Crippen LogP contribution in [0.3, 0.4) is 0 Å². The van der Waals surface area contributed by atoms with Crippen molar-refractivity contribution in [2.75, 3.05) is 7.11 Å². The molecule has 3 aromatic rings. The monoisotopic (exact) mass is 450 g/mol. The minimum atomic E-state index is -0.0804. The lowest BCUT2D eigenvalue weighted by molar-refractivity contribution is -0.120. The van der Waals surface area contributed by atoms with Gasteiger partial charge in [0.05, 0.1) is 30.1 Å². The highest BCUT2D eigenvalue weighted by Gasteiger charge is 2.11. The lowest BCUT2D eigenvalue weighted by Gasteiger charge is -2.07. The predicted octanol–water partition coefficient (Wildman–Crippen LogP) is 4.28. The van der Waals surface area contributed by atoms with Crippen LogP contribution in [0.25, 0.3) is 0 Å². The summed E-state index contributed by atoms with van der Waals surface area (Å²) >= 11 is 13.5. The second kappa shape index (κ2) is 10.0. The summed E-state index contributed by atoms with van der Waals surface area (Å²) in [6.45, 7) is 0.311. The van der Waals surface area contributed by atoms with Crippen LogP contribution in [0.2, 0.25) is 10.0 Å². The third-order valence-corrected chi connectivity index (χ3v) is 6.07. The summed E-state index contributed by atoms with van der Waals surface area (Å²) in [4.78, 5) is 12.2. The Bertz CT molecular complexity index is 993. The first-order valence-electron chi connectivity index (χ1n) is 8.81. The number of halogens is 2. The van der Waals surface area contributed by atoms with Gasteiger partial charge in [0.2, 0.25) is 5.91 Å². The number of aromatic nitrogens is 3. The number of nitrogens with zero attached hydrogens (tertiary/aromatic N) is 3. The predicted molar refractivity (Wildman–Crippen MR) is 116 cm³/mol. The molecule has 0 aliphatic heterocycles. The molecule has 0 spiro atoms. The molecule has 0 aliphatic rings. The fourth-order valence-corrected chi connectivity index (χ4v) is 3.76. The van der Waals surface area contributed by atoms with Crippen LogP contribution in [-0.4, -0.2) is 27.8 Å². The normalized spacial score (nSPS) is 10.8. The van der Waals surface area contributed by atoms with Crippen LogP contribution in [0.1, 0.15) is 17.0 Å². The molecule has 1 heterocycles. The number of carbonyl (C=O) groups is 1. The summed E-state index contributed by atoms with van der Waals surface area (Å²) < 4.78 is 6.99. The number of carbonyl (C=O) groups excluding carboxylic acids is 1. The number of hydrogen-bond acceptors (Lipinski definition) is 5. The molecule has 1 amide bonds. The molecule has 0 unspecified atom stereocenters. The highest BCUT2D eigenvalue weighted by Crippen LogP contribution is 2.27. The van der Waals surface area contributed by atoms with Crippen LogP contribution in [0.4, 0.5) is 0 Å². The van der Waals surface area contributed by atoms with E-state index >= 15 is 0 Å². The van der Waals surface area contributed by atoms with E-state index in [0.717, 1.165) is 22.0 Å². The number of benzene rings is 2. The molecule has 29 heavy (non-hydrogen) atoms.